The number of rotatable bonds is 5. The lowest BCUT2D eigenvalue weighted by Gasteiger charge is -2.19. The van der Waals surface area contributed by atoms with Gasteiger partial charge >= 0.3 is 6.09 Å². The first-order valence-electron chi connectivity index (χ1n) is 5.46. The van der Waals surface area contributed by atoms with Crippen LogP contribution in [0.2, 0.25) is 0 Å². The van der Waals surface area contributed by atoms with Crippen LogP contribution < -0.4 is 5.32 Å². The van der Waals surface area contributed by atoms with Crippen molar-refractivity contribution in [2.45, 2.75) is 45.1 Å². The van der Waals surface area contributed by atoms with Crippen LogP contribution in [-0.2, 0) is 9.53 Å². The molecule has 0 heterocycles. The molecule has 86 valence electrons. The van der Waals surface area contributed by atoms with Crippen molar-refractivity contribution in [1.29, 1.82) is 0 Å². The normalized spacial score (nSPS) is 19.1. The van der Waals surface area contributed by atoms with Crippen LogP contribution in [0, 0.1) is 5.92 Å². The molecule has 4 heteroatoms. The van der Waals surface area contributed by atoms with E-state index in [4.69, 9.17) is 0 Å². The number of ketones is 1. The summed E-state index contributed by atoms with van der Waals surface area (Å²) >= 11 is 0. The Morgan fingerprint density at radius 3 is 2.47 bits per heavy atom. The molecule has 1 fully saturated rings. The topological polar surface area (TPSA) is 55.4 Å². The number of ether oxygens (including phenoxy) is 1. The van der Waals surface area contributed by atoms with Crippen LogP contribution in [0.25, 0.3) is 0 Å². The maximum Gasteiger partial charge on any atom is 0.407 e. The Morgan fingerprint density at radius 2 is 2.07 bits per heavy atom. The van der Waals surface area contributed by atoms with Crippen LogP contribution in [0.5, 0.6) is 0 Å². The third-order valence-electron chi connectivity index (χ3n) is 2.92. The van der Waals surface area contributed by atoms with Gasteiger partial charge in [0.05, 0.1) is 7.11 Å². The maximum absolute atomic E-state index is 12.0. The van der Waals surface area contributed by atoms with Crippen molar-refractivity contribution in [3.8, 4) is 0 Å². The van der Waals surface area contributed by atoms with E-state index in [-0.39, 0.29) is 11.7 Å². The van der Waals surface area contributed by atoms with Crippen molar-refractivity contribution in [2.24, 2.45) is 5.92 Å². The summed E-state index contributed by atoms with van der Waals surface area (Å²) in [7, 11) is 1.31. The van der Waals surface area contributed by atoms with Crippen molar-refractivity contribution in [3.63, 3.8) is 0 Å². The first-order valence-corrected chi connectivity index (χ1v) is 5.46. The van der Waals surface area contributed by atoms with Crippen LogP contribution in [0.15, 0.2) is 0 Å². The maximum atomic E-state index is 12.0. The Morgan fingerprint density at radius 1 is 1.47 bits per heavy atom. The van der Waals surface area contributed by atoms with Gasteiger partial charge in [-0.15, -0.1) is 0 Å². The van der Waals surface area contributed by atoms with Crippen LogP contribution in [0.4, 0.5) is 4.79 Å². The molecule has 1 unspecified atom stereocenters. The van der Waals surface area contributed by atoms with Crippen molar-refractivity contribution in [1.82, 2.24) is 5.32 Å². The quantitative estimate of drug-likeness (QED) is 0.758. The highest BCUT2D eigenvalue weighted by Gasteiger charge is 2.52. The minimum absolute atomic E-state index is 0.0228. The van der Waals surface area contributed by atoms with Crippen molar-refractivity contribution >= 4 is 11.9 Å². The van der Waals surface area contributed by atoms with E-state index in [1.54, 1.807) is 0 Å². The fourth-order valence-electron chi connectivity index (χ4n) is 1.84. The first-order chi connectivity index (χ1) is 7.05. The summed E-state index contributed by atoms with van der Waals surface area (Å²) in [5, 5.41) is 2.65. The predicted molar refractivity (Wildman–Crippen MR) is 56.6 cm³/mol. The van der Waals surface area contributed by atoms with Crippen LogP contribution in [0.3, 0.4) is 0 Å². The molecule has 0 aromatic heterocycles. The second-order valence-electron chi connectivity index (χ2n) is 4.25. The lowest BCUT2D eigenvalue weighted by Crippen LogP contribution is -2.45. The molecule has 1 rings (SSSR count). The molecule has 0 saturated heterocycles. The molecule has 0 aliphatic heterocycles. The van der Waals surface area contributed by atoms with E-state index in [0.717, 1.165) is 25.7 Å². The van der Waals surface area contributed by atoms with Gasteiger partial charge in [-0.1, -0.05) is 20.3 Å². The molecule has 0 aromatic carbocycles. The van der Waals surface area contributed by atoms with Gasteiger partial charge in [0.25, 0.3) is 0 Å². The van der Waals surface area contributed by atoms with Crippen molar-refractivity contribution in [3.05, 3.63) is 0 Å². The largest absolute Gasteiger partial charge is 0.453 e. The van der Waals surface area contributed by atoms with Gasteiger partial charge in [0.1, 0.15) is 5.54 Å². The summed E-state index contributed by atoms with van der Waals surface area (Å²) in [5.74, 6) is 0.171. The highest BCUT2D eigenvalue weighted by atomic mass is 16.5. The Labute approximate surface area is 90.4 Å². The van der Waals surface area contributed by atoms with Crippen molar-refractivity contribution in [2.75, 3.05) is 7.11 Å². The number of hydrogen-bond donors (Lipinski definition) is 1. The summed E-state index contributed by atoms with van der Waals surface area (Å²) in [5.41, 5.74) is -0.609. The van der Waals surface area contributed by atoms with E-state index in [9.17, 15) is 9.59 Å². The number of amides is 1. The smallest absolute Gasteiger partial charge is 0.407 e. The molecule has 1 aliphatic carbocycles. The molecule has 0 radical (unpaired) electrons. The minimum Gasteiger partial charge on any atom is -0.453 e. The van der Waals surface area contributed by atoms with Gasteiger partial charge in [-0.2, -0.15) is 0 Å². The van der Waals surface area contributed by atoms with Gasteiger partial charge in [0.2, 0.25) is 0 Å². The van der Waals surface area contributed by atoms with E-state index in [0.29, 0.717) is 0 Å². The molecule has 1 atom stereocenters. The first kappa shape index (κ1) is 12.0. The lowest BCUT2D eigenvalue weighted by atomic mass is 9.94. The lowest BCUT2D eigenvalue weighted by molar-refractivity contribution is -0.125. The van der Waals surface area contributed by atoms with Gasteiger partial charge in [-0.3, -0.25) is 4.79 Å². The number of Topliss-reactive ketones (excluding diaryl/α,β-unsaturated/α-hetero) is 1. The van der Waals surface area contributed by atoms with Gasteiger partial charge in [0, 0.05) is 5.92 Å². The number of nitrogens with one attached hydrogen (secondary N) is 1. The Hall–Kier alpha value is -1.06. The zero-order valence-corrected chi connectivity index (χ0v) is 9.63. The molecule has 1 amide bonds. The van der Waals surface area contributed by atoms with Gasteiger partial charge in [0.15, 0.2) is 5.78 Å². The van der Waals surface area contributed by atoms with E-state index in [1.165, 1.54) is 7.11 Å². The molecule has 1 aliphatic rings. The van der Waals surface area contributed by atoms with Crippen molar-refractivity contribution < 1.29 is 14.3 Å². The van der Waals surface area contributed by atoms with Crippen LogP contribution in [-0.4, -0.2) is 24.5 Å². The van der Waals surface area contributed by atoms with E-state index in [1.807, 2.05) is 6.92 Å². The molecular formula is C11H19NO3. The average molecular weight is 213 g/mol. The van der Waals surface area contributed by atoms with Gasteiger partial charge in [-0.05, 0) is 19.3 Å². The second-order valence-corrected chi connectivity index (χ2v) is 4.25. The molecule has 0 bridgehead atoms. The zero-order chi connectivity index (χ0) is 11.5. The molecule has 4 nitrogen and oxygen atoms in total. The molecule has 1 N–H and O–H groups in total. The van der Waals surface area contributed by atoms with E-state index < -0.39 is 11.6 Å². The number of hydrogen-bond acceptors (Lipinski definition) is 3. The fraction of sp³-hybridized carbons (Fsp3) is 0.818. The highest BCUT2D eigenvalue weighted by molar-refractivity contribution is 5.95. The second kappa shape index (κ2) is 4.64. The molecule has 0 spiro atoms. The van der Waals surface area contributed by atoms with Crippen LogP contribution >= 0.6 is 0 Å². The highest BCUT2D eigenvalue weighted by Crippen LogP contribution is 2.39. The predicted octanol–water partition coefficient (Wildman–Crippen LogP) is 1.88. The summed E-state index contributed by atoms with van der Waals surface area (Å²) in [4.78, 5) is 23.1. The molecule has 0 aromatic rings. The standard InChI is InChI=1S/C11H19NO3/c1-4-5-8(2)9(13)11(6-7-11)12-10(14)15-3/h8H,4-7H2,1-3H3,(H,12,14). The van der Waals surface area contributed by atoms with Gasteiger partial charge in [-0.25, -0.2) is 4.79 Å². The minimum atomic E-state index is -0.609. The number of alkyl carbamates (subject to hydrolysis) is 1. The van der Waals surface area contributed by atoms with Crippen LogP contribution in [0.1, 0.15) is 39.5 Å². The Bertz CT molecular complexity index is 259. The SMILES string of the molecule is CCCC(C)C(=O)C1(NC(=O)OC)CC1. The molecule has 1 saturated carbocycles. The fourth-order valence-corrected chi connectivity index (χ4v) is 1.84. The summed E-state index contributed by atoms with van der Waals surface area (Å²) in [6.45, 7) is 3.97. The average Bonchev–Trinajstić information content (AvgIpc) is 2.98. The van der Waals surface area contributed by atoms with E-state index in [2.05, 4.69) is 17.0 Å². The number of carbonyl (C=O) groups is 2. The van der Waals surface area contributed by atoms with Gasteiger partial charge < -0.3 is 10.1 Å². The Balaban J connectivity index is 2.54. The zero-order valence-electron chi connectivity index (χ0n) is 9.63. The number of methoxy groups -OCH3 is 1. The monoisotopic (exact) mass is 213 g/mol. The molecular weight excluding hydrogens is 194 g/mol. The summed E-state index contributed by atoms with van der Waals surface area (Å²) in [6, 6.07) is 0. The summed E-state index contributed by atoms with van der Waals surface area (Å²) < 4.78 is 4.51. The number of carbonyl (C=O) groups excluding carboxylic acids is 2. The Kier molecular flexibility index (Phi) is 3.72. The van der Waals surface area contributed by atoms with E-state index >= 15 is 0 Å². The third-order valence-corrected chi connectivity index (χ3v) is 2.92. The molecule has 15 heavy (non-hydrogen) atoms. The summed E-state index contributed by atoms with van der Waals surface area (Å²) in [6.07, 6.45) is 2.85. The third kappa shape index (κ3) is 2.70.